The molecular weight excluding hydrogens is 188 g/mol. The maximum absolute atomic E-state index is 9.00. The summed E-state index contributed by atoms with van der Waals surface area (Å²) in [4.78, 5) is 0. The Hall–Kier alpha value is -1.02. The average molecular weight is 206 g/mol. The maximum atomic E-state index is 9.00. The van der Waals surface area contributed by atoms with Gasteiger partial charge in [0, 0.05) is 6.61 Å². The van der Waals surface area contributed by atoms with Gasteiger partial charge >= 0.3 is 0 Å². The molecule has 0 unspecified atom stereocenters. The molecule has 0 saturated carbocycles. The number of hydrogen-bond donors (Lipinski definition) is 1. The van der Waals surface area contributed by atoms with E-state index in [0.29, 0.717) is 6.42 Å². The van der Waals surface area contributed by atoms with Crippen LogP contribution in [-0.2, 0) is 12.8 Å². The minimum absolute atomic E-state index is 0.0709. The van der Waals surface area contributed by atoms with Gasteiger partial charge < -0.3 is 9.84 Å². The summed E-state index contributed by atoms with van der Waals surface area (Å²) in [6.45, 7) is 4.41. The Kier molecular flexibility index (Phi) is 2.70. The van der Waals surface area contributed by atoms with E-state index in [9.17, 15) is 0 Å². The smallest absolute Gasteiger partial charge is 0.126 e. The largest absolute Gasteiger partial charge is 0.487 e. The van der Waals surface area contributed by atoms with Gasteiger partial charge in [-0.2, -0.15) is 0 Å². The van der Waals surface area contributed by atoms with E-state index in [0.717, 1.165) is 24.2 Å². The molecule has 0 aromatic heterocycles. The van der Waals surface area contributed by atoms with Crippen LogP contribution in [0, 0.1) is 0 Å². The fraction of sp³-hybridized carbons (Fsp3) is 0.538. The summed E-state index contributed by atoms with van der Waals surface area (Å²) >= 11 is 0. The Labute approximate surface area is 90.9 Å². The number of rotatable bonds is 2. The average Bonchev–Trinajstić information content (AvgIpc) is 2.18. The Bertz CT molecular complexity index is 356. The minimum Gasteiger partial charge on any atom is -0.487 e. The van der Waals surface area contributed by atoms with Crippen LogP contribution in [-0.4, -0.2) is 17.3 Å². The predicted molar refractivity (Wildman–Crippen MR) is 60.3 cm³/mol. The van der Waals surface area contributed by atoms with Crippen LogP contribution in [0.25, 0.3) is 0 Å². The first-order valence-electron chi connectivity index (χ1n) is 5.53. The standard InChI is InChI=1S/C13H18O2/c1-13(2)8-6-10-4-3-5-11(7-9-14)12(10)15-13/h3-5,14H,6-9H2,1-2H3. The van der Waals surface area contributed by atoms with Crippen molar-refractivity contribution >= 4 is 0 Å². The zero-order chi connectivity index (χ0) is 10.9. The molecule has 82 valence electrons. The number of benzene rings is 1. The number of hydrogen-bond acceptors (Lipinski definition) is 2. The fourth-order valence-electron chi connectivity index (χ4n) is 2.05. The van der Waals surface area contributed by atoms with Crippen molar-refractivity contribution in [2.45, 2.75) is 38.7 Å². The number of aliphatic hydroxyl groups excluding tert-OH is 1. The summed E-state index contributed by atoms with van der Waals surface area (Å²) in [5.74, 6) is 1.00. The van der Waals surface area contributed by atoms with Crippen molar-refractivity contribution in [2.24, 2.45) is 0 Å². The van der Waals surface area contributed by atoms with Crippen LogP contribution in [0.4, 0.5) is 0 Å². The molecule has 2 nitrogen and oxygen atoms in total. The van der Waals surface area contributed by atoms with Crippen LogP contribution in [0.1, 0.15) is 31.4 Å². The van der Waals surface area contributed by atoms with Crippen LogP contribution < -0.4 is 4.74 Å². The van der Waals surface area contributed by atoms with Gasteiger partial charge in [-0.1, -0.05) is 18.2 Å². The summed E-state index contributed by atoms with van der Waals surface area (Å²) in [6.07, 6.45) is 2.81. The van der Waals surface area contributed by atoms with E-state index in [1.165, 1.54) is 5.56 Å². The van der Waals surface area contributed by atoms with Gasteiger partial charge in [0.05, 0.1) is 0 Å². The SMILES string of the molecule is CC1(C)CCc2cccc(CCO)c2O1. The summed E-state index contributed by atoms with van der Waals surface area (Å²) < 4.78 is 5.99. The van der Waals surface area contributed by atoms with E-state index in [4.69, 9.17) is 9.84 Å². The van der Waals surface area contributed by atoms with Crippen LogP contribution >= 0.6 is 0 Å². The zero-order valence-electron chi connectivity index (χ0n) is 9.42. The van der Waals surface area contributed by atoms with Crippen LogP contribution in [0.15, 0.2) is 18.2 Å². The normalized spacial score (nSPS) is 18.1. The summed E-state index contributed by atoms with van der Waals surface area (Å²) in [5.41, 5.74) is 2.33. The lowest BCUT2D eigenvalue weighted by atomic mass is 9.92. The first kappa shape index (κ1) is 10.5. The lowest BCUT2D eigenvalue weighted by Crippen LogP contribution is -2.33. The first-order chi connectivity index (χ1) is 7.12. The van der Waals surface area contributed by atoms with Crippen molar-refractivity contribution in [1.29, 1.82) is 0 Å². The van der Waals surface area contributed by atoms with Crippen molar-refractivity contribution in [2.75, 3.05) is 6.61 Å². The molecule has 0 spiro atoms. The highest BCUT2D eigenvalue weighted by atomic mass is 16.5. The molecule has 1 aromatic carbocycles. The Morgan fingerprint density at radius 3 is 2.93 bits per heavy atom. The Morgan fingerprint density at radius 1 is 1.40 bits per heavy atom. The molecule has 2 heteroatoms. The third-order valence-electron chi connectivity index (χ3n) is 2.93. The molecule has 1 aromatic rings. The third-order valence-corrected chi connectivity index (χ3v) is 2.93. The second-order valence-electron chi connectivity index (χ2n) is 4.74. The van der Waals surface area contributed by atoms with Gasteiger partial charge in [-0.25, -0.2) is 0 Å². The maximum Gasteiger partial charge on any atom is 0.126 e. The summed E-state index contributed by atoms with van der Waals surface area (Å²) in [5, 5.41) is 9.00. The highest BCUT2D eigenvalue weighted by molar-refractivity contribution is 5.43. The van der Waals surface area contributed by atoms with E-state index in [2.05, 4.69) is 19.9 Å². The van der Waals surface area contributed by atoms with Crippen molar-refractivity contribution < 1.29 is 9.84 Å². The predicted octanol–water partition coefficient (Wildman–Crippen LogP) is 2.33. The summed E-state index contributed by atoms with van der Waals surface area (Å²) in [6, 6.07) is 6.20. The van der Waals surface area contributed by atoms with Gasteiger partial charge in [0.1, 0.15) is 11.4 Å². The lowest BCUT2D eigenvalue weighted by Gasteiger charge is -2.33. The molecule has 1 aliphatic heterocycles. The molecule has 2 rings (SSSR count). The van der Waals surface area contributed by atoms with Gasteiger partial charge in [0.2, 0.25) is 0 Å². The minimum atomic E-state index is -0.0709. The number of aliphatic hydroxyl groups is 1. The highest BCUT2D eigenvalue weighted by Gasteiger charge is 2.27. The third kappa shape index (κ3) is 2.15. The van der Waals surface area contributed by atoms with Gasteiger partial charge in [0.25, 0.3) is 0 Å². The molecule has 0 fully saturated rings. The number of para-hydroxylation sites is 1. The first-order valence-corrected chi connectivity index (χ1v) is 5.53. The molecule has 1 N–H and O–H groups in total. The van der Waals surface area contributed by atoms with Gasteiger partial charge in [0.15, 0.2) is 0 Å². The van der Waals surface area contributed by atoms with Crippen LogP contribution in [0.3, 0.4) is 0 Å². The van der Waals surface area contributed by atoms with Crippen molar-refractivity contribution in [3.05, 3.63) is 29.3 Å². The highest BCUT2D eigenvalue weighted by Crippen LogP contribution is 2.35. The van der Waals surface area contributed by atoms with Crippen LogP contribution in [0.2, 0.25) is 0 Å². The molecule has 0 bridgehead atoms. The second kappa shape index (κ2) is 3.86. The van der Waals surface area contributed by atoms with E-state index in [1.807, 2.05) is 12.1 Å². The molecule has 15 heavy (non-hydrogen) atoms. The Balaban J connectivity index is 2.36. The zero-order valence-corrected chi connectivity index (χ0v) is 9.42. The lowest BCUT2D eigenvalue weighted by molar-refractivity contribution is 0.0829. The number of fused-ring (bicyclic) bond motifs is 1. The molecule has 0 saturated heterocycles. The number of ether oxygens (including phenoxy) is 1. The van der Waals surface area contributed by atoms with Crippen molar-refractivity contribution in [3.63, 3.8) is 0 Å². The van der Waals surface area contributed by atoms with E-state index in [1.54, 1.807) is 0 Å². The molecule has 0 aliphatic carbocycles. The van der Waals surface area contributed by atoms with Gasteiger partial charge in [-0.05, 0) is 44.2 Å². The van der Waals surface area contributed by atoms with Crippen molar-refractivity contribution in [1.82, 2.24) is 0 Å². The quantitative estimate of drug-likeness (QED) is 0.804. The number of aryl methyl sites for hydroxylation is 1. The van der Waals surface area contributed by atoms with Gasteiger partial charge in [-0.3, -0.25) is 0 Å². The molecular formula is C13H18O2. The van der Waals surface area contributed by atoms with Gasteiger partial charge in [-0.15, -0.1) is 0 Å². The molecule has 1 aliphatic rings. The van der Waals surface area contributed by atoms with E-state index < -0.39 is 0 Å². The summed E-state index contributed by atoms with van der Waals surface area (Å²) in [7, 11) is 0. The van der Waals surface area contributed by atoms with E-state index >= 15 is 0 Å². The monoisotopic (exact) mass is 206 g/mol. The fourth-order valence-corrected chi connectivity index (χ4v) is 2.05. The molecule has 0 radical (unpaired) electrons. The molecule has 1 heterocycles. The van der Waals surface area contributed by atoms with Crippen LogP contribution in [0.5, 0.6) is 5.75 Å². The van der Waals surface area contributed by atoms with Crippen molar-refractivity contribution in [3.8, 4) is 5.75 Å². The topological polar surface area (TPSA) is 29.5 Å². The van der Waals surface area contributed by atoms with E-state index in [-0.39, 0.29) is 12.2 Å². The molecule has 0 atom stereocenters. The second-order valence-corrected chi connectivity index (χ2v) is 4.74. The molecule has 0 amide bonds. The Morgan fingerprint density at radius 2 is 2.20 bits per heavy atom.